The van der Waals surface area contributed by atoms with Crippen molar-refractivity contribution in [3.63, 3.8) is 0 Å². The summed E-state index contributed by atoms with van der Waals surface area (Å²) < 4.78 is 6.17. The molecule has 0 aromatic carbocycles. The van der Waals surface area contributed by atoms with Crippen LogP contribution >= 0.6 is 0 Å². The molecule has 0 amide bonds. The van der Waals surface area contributed by atoms with E-state index in [1.54, 1.807) is 0 Å². The number of aliphatic hydroxyl groups is 1. The monoisotopic (exact) mass is 241 g/mol. The largest absolute Gasteiger partial charge is 0.395 e. The molecule has 17 heavy (non-hydrogen) atoms. The predicted octanol–water partition coefficient (Wildman–Crippen LogP) is 2.18. The highest BCUT2D eigenvalue weighted by molar-refractivity contribution is 5.02. The summed E-state index contributed by atoms with van der Waals surface area (Å²) in [5, 5.41) is 9.54. The van der Waals surface area contributed by atoms with Gasteiger partial charge in [0.05, 0.1) is 17.8 Å². The molecule has 2 aliphatic heterocycles. The van der Waals surface area contributed by atoms with Crippen molar-refractivity contribution in [2.75, 3.05) is 13.2 Å². The molecule has 2 aliphatic rings. The van der Waals surface area contributed by atoms with Crippen LogP contribution in [0.2, 0.25) is 0 Å². The molecule has 2 heterocycles. The minimum Gasteiger partial charge on any atom is -0.395 e. The van der Waals surface area contributed by atoms with Gasteiger partial charge < -0.3 is 9.84 Å². The SMILES string of the molecule is CC1(C)CC(N2CCCCC2CO)C(C)(C)O1. The van der Waals surface area contributed by atoms with E-state index in [0.29, 0.717) is 12.1 Å². The molecule has 0 saturated carbocycles. The maximum absolute atomic E-state index is 9.54. The summed E-state index contributed by atoms with van der Waals surface area (Å²) in [4.78, 5) is 2.50. The fourth-order valence-electron chi connectivity index (χ4n) is 3.68. The Bertz CT molecular complexity index is 275. The molecule has 2 unspecified atom stereocenters. The van der Waals surface area contributed by atoms with E-state index >= 15 is 0 Å². The van der Waals surface area contributed by atoms with Crippen molar-refractivity contribution >= 4 is 0 Å². The van der Waals surface area contributed by atoms with E-state index in [0.717, 1.165) is 19.4 Å². The molecule has 1 N–H and O–H groups in total. The molecule has 0 aromatic heterocycles. The van der Waals surface area contributed by atoms with Gasteiger partial charge in [0.1, 0.15) is 0 Å². The van der Waals surface area contributed by atoms with Crippen molar-refractivity contribution in [2.45, 2.75) is 76.7 Å². The normalized spacial score (nSPS) is 37.2. The standard InChI is InChI=1S/C14H27NO2/c1-13(2)9-12(14(3,4)17-13)15-8-6-5-7-11(15)10-16/h11-12,16H,5-10H2,1-4H3. The minimum absolute atomic E-state index is 0.0361. The van der Waals surface area contributed by atoms with Crippen molar-refractivity contribution in [1.82, 2.24) is 4.90 Å². The number of hydrogen-bond acceptors (Lipinski definition) is 3. The number of aliphatic hydroxyl groups excluding tert-OH is 1. The van der Waals surface area contributed by atoms with Crippen LogP contribution in [-0.4, -0.2) is 46.4 Å². The minimum atomic E-state index is -0.103. The van der Waals surface area contributed by atoms with Crippen LogP contribution in [0.1, 0.15) is 53.4 Å². The molecule has 0 spiro atoms. The summed E-state index contributed by atoms with van der Waals surface area (Å²) in [5.41, 5.74) is -0.139. The zero-order valence-electron chi connectivity index (χ0n) is 11.7. The van der Waals surface area contributed by atoms with E-state index in [-0.39, 0.29) is 17.8 Å². The fourth-order valence-corrected chi connectivity index (χ4v) is 3.68. The van der Waals surface area contributed by atoms with Gasteiger partial charge in [0.15, 0.2) is 0 Å². The first-order chi connectivity index (χ1) is 7.86. The third kappa shape index (κ3) is 2.67. The third-order valence-corrected chi connectivity index (χ3v) is 4.31. The van der Waals surface area contributed by atoms with Gasteiger partial charge in [0, 0.05) is 12.1 Å². The lowest BCUT2D eigenvalue weighted by Gasteiger charge is -2.43. The van der Waals surface area contributed by atoms with E-state index < -0.39 is 0 Å². The molecular weight excluding hydrogens is 214 g/mol. The van der Waals surface area contributed by atoms with Crippen molar-refractivity contribution < 1.29 is 9.84 Å². The van der Waals surface area contributed by atoms with Crippen LogP contribution in [0.3, 0.4) is 0 Å². The van der Waals surface area contributed by atoms with Gasteiger partial charge in [-0.1, -0.05) is 6.42 Å². The summed E-state index contributed by atoms with van der Waals surface area (Å²) in [5.74, 6) is 0. The first-order valence-corrected chi connectivity index (χ1v) is 6.92. The summed E-state index contributed by atoms with van der Waals surface area (Å²) in [6.45, 7) is 10.1. The van der Waals surface area contributed by atoms with Crippen LogP contribution in [0.25, 0.3) is 0 Å². The third-order valence-electron chi connectivity index (χ3n) is 4.31. The highest BCUT2D eigenvalue weighted by Crippen LogP contribution is 2.41. The highest BCUT2D eigenvalue weighted by atomic mass is 16.5. The van der Waals surface area contributed by atoms with Gasteiger partial charge in [-0.15, -0.1) is 0 Å². The van der Waals surface area contributed by atoms with Crippen molar-refractivity contribution in [2.24, 2.45) is 0 Å². The smallest absolute Gasteiger partial charge is 0.0789 e. The topological polar surface area (TPSA) is 32.7 Å². The number of rotatable bonds is 2. The van der Waals surface area contributed by atoms with Gasteiger partial charge in [0.25, 0.3) is 0 Å². The first kappa shape index (κ1) is 13.3. The predicted molar refractivity (Wildman–Crippen MR) is 69.1 cm³/mol. The van der Waals surface area contributed by atoms with Crippen LogP contribution in [0.5, 0.6) is 0 Å². The summed E-state index contributed by atoms with van der Waals surface area (Å²) >= 11 is 0. The van der Waals surface area contributed by atoms with E-state index in [1.807, 2.05) is 0 Å². The molecule has 100 valence electrons. The second-order valence-corrected chi connectivity index (χ2v) is 6.76. The molecule has 0 aliphatic carbocycles. The first-order valence-electron chi connectivity index (χ1n) is 6.92. The van der Waals surface area contributed by atoms with Gasteiger partial charge in [-0.05, 0) is 53.5 Å². The Hall–Kier alpha value is -0.120. The number of ether oxygens (including phenoxy) is 1. The Morgan fingerprint density at radius 3 is 2.47 bits per heavy atom. The van der Waals surface area contributed by atoms with E-state index in [2.05, 4.69) is 32.6 Å². The average Bonchev–Trinajstić information content (AvgIpc) is 2.46. The molecule has 0 bridgehead atoms. The van der Waals surface area contributed by atoms with Crippen molar-refractivity contribution in [3.05, 3.63) is 0 Å². The van der Waals surface area contributed by atoms with Crippen molar-refractivity contribution in [3.8, 4) is 0 Å². The van der Waals surface area contributed by atoms with Gasteiger partial charge >= 0.3 is 0 Å². The van der Waals surface area contributed by atoms with E-state index in [1.165, 1.54) is 12.8 Å². The molecule has 2 atom stereocenters. The van der Waals surface area contributed by atoms with Crippen molar-refractivity contribution in [1.29, 1.82) is 0 Å². The van der Waals surface area contributed by atoms with Gasteiger partial charge in [-0.2, -0.15) is 0 Å². The molecule has 2 fully saturated rings. The number of likely N-dealkylation sites (tertiary alicyclic amines) is 1. The lowest BCUT2D eigenvalue weighted by Crippen LogP contribution is -2.54. The highest BCUT2D eigenvalue weighted by Gasteiger charge is 2.49. The zero-order chi connectivity index (χ0) is 12.7. The summed E-state index contributed by atoms with van der Waals surface area (Å²) in [6, 6.07) is 0.778. The average molecular weight is 241 g/mol. The van der Waals surface area contributed by atoms with Gasteiger partial charge in [-0.3, -0.25) is 4.90 Å². The van der Waals surface area contributed by atoms with E-state index in [9.17, 15) is 5.11 Å². The lowest BCUT2D eigenvalue weighted by atomic mass is 9.89. The molecule has 3 nitrogen and oxygen atoms in total. The molecule has 0 radical (unpaired) electrons. The van der Waals surface area contributed by atoms with Crippen LogP contribution in [0.15, 0.2) is 0 Å². The van der Waals surface area contributed by atoms with E-state index in [4.69, 9.17) is 4.74 Å². The summed E-state index contributed by atoms with van der Waals surface area (Å²) in [7, 11) is 0. The van der Waals surface area contributed by atoms with Crippen LogP contribution in [0, 0.1) is 0 Å². The maximum Gasteiger partial charge on any atom is 0.0789 e. The Kier molecular flexibility index (Phi) is 3.54. The molecule has 2 saturated heterocycles. The van der Waals surface area contributed by atoms with Crippen LogP contribution < -0.4 is 0 Å². The van der Waals surface area contributed by atoms with Gasteiger partial charge in [0.2, 0.25) is 0 Å². The molecule has 2 rings (SSSR count). The molecule has 0 aromatic rings. The van der Waals surface area contributed by atoms with Crippen LogP contribution in [0.4, 0.5) is 0 Å². The Morgan fingerprint density at radius 2 is 1.94 bits per heavy atom. The van der Waals surface area contributed by atoms with Gasteiger partial charge in [-0.25, -0.2) is 0 Å². The number of hydrogen-bond donors (Lipinski definition) is 1. The quantitative estimate of drug-likeness (QED) is 0.804. The fraction of sp³-hybridized carbons (Fsp3) is 1.00. The molecular formula is C14H27NO2. The number of piperidine rings is 1. The summed E-state index contributed by atoms with van der Waals surface area (Å²) in [6.07, 6.45) is 4.70. The second kappa shape index (κ2) is 4.52. The van der Waals surface area contributed by atoms with Crippen LogP contribution in [-0.2, 0) is 4.74 Å². The Labute approximate surface area is 105 Å². The molecule has 3 heteroatoms. The maximum atomic E-state index is 9.54. The second-order valence-electron chi connectivity index (χ2n) is 6.76. The Morgan fingerprint density at radius 1 is 1.24 bits per heavy atom. The number of nitrogens with zero attached hydrogens (tertiary/aromatic N) is 1. The zero-order valence-corrected chi connectivity index (χ0v) is 11.7. The lowest BCUT2D eigenvalue weighted by molar-refractivity contribution is -0.0888. The Balaban J connectivity index is 2.15.